The van der Waals surface area contributed by atoms with Crippen LogP contribution in [0.1, 0.15) is 0 Å². The van der Waals surface area contributed by atoms with Crippen molar-refractivity contribution in [3.8, 4) is 0 Å². The zero-order valence-corrected chi connectivity index (χ0v) is 6.49. The van der Waals surface area contributed by atoms with E-state index in [9.17, 15) is 12.9 Å². The molecule has 0 fully saturated rings. The number of fused-ring (bicyclic) bond motifs is 1. The first kappa shape index (κ1) is 8.16. The zero-order valence-electron chi connectivity index (χ0n) is 6.49. The van der Waals surface area contributed by atoms with Crippen LogP contribution >= 0.6 is 0 Å². The van der Waals surface area contributed by atoms with Crippen LogP contribution in [0.3, 0.4) is 0 Å². The molecule has 2 aromatic rings. The average Bonchev–Trinajstić information content (AvgIpc) is 2.47. The summed E-state index contributed by atoms with van der Waals surface area (Å²) in [7, 11) is 0. The highest BCUT2D eigenvalue weighted by Gasteiger charge is 2.25. The predicted octanol–water partition coefficient (Wildman–Crippen LogP) is 1.39. The molecular weight excluding hydrogens is 180 g/mol. The lowest BCUT2D eigenvalue weighted by Crippen LogP contribution is -2.34. The van der Waals surface area contributed by atoms with Crippen LogP contribution in [-0.2, 0) is 0 Å². The molecule has 13 heavy (non-hydrogen) atoms. The van der Waals surface area contributed by atoms with E-state index in [1.165, 1.54) is 22.9 Å². The number of imidazole rings is 1. The van der Waals surface area contributed by atoms with Gasteiger partial charge in [0.05, 0.1) is 0 Å². The fraction of sp³-hybridized carbons (Fsp3) is 0. The van der Waals surface area contributed by atoms with E-state index in [4.69, 9.17) is 0 Å². The summed E-state index contributed by atoms with van der Waals surface area (Å²) in [6.07, 6.45) is 3.99. The van der Waals surface area contributed by atoms with Crippen molar-refractivity contribution in [2.24, 2.45) is 0 Å². The summed E-state index contributed by atoms with van der Waals surface area (Å²) in [4.78, 5) is 3.84. The lowest BCUT2D eigenvalue weighted by atomic mass is 9.81. The number of hydrogen-bond acceptors (Lipinski definition) is 1. The van der Waals surface area contributed by atoms with Crippen LogP contribution in [0.25, 0.3) is 5.65 Å². The van der Waals surface area contributed by atoms with Crippen LogP contribution in [-0.4, -0.2) is 16.4 Å². The minimum Gasteiger partial charge on any atom is -0.445 e. The number of pyridine rings is 1. The quantitative estimate of drug-likeness (QED) is 0.613. The van der Waals surface area contributed by atoms with E-state index in [2.05, 4.69) is 4.98 Å². The molecule has 0 amide bonds. The third kappa shape index (κ3) is 1.39. The Bertz CT molecular complexity index is 434. The van der Waals surface area contributed by atoms with Crippen molar-refractivity contribution in [1.82, 2.24) is 9.38 Å². The van der Waals surface area contributed by atoms with E-state index in [1.807, 2.05) is 0 Å². The summed E-state index contributed by atoms with van der Waals surface area (Å²) >= 11 is 0. The van der Waals surface area contributed by atoms with Crippen LogP contribution in [0.5, 0.6) is 0 Å². The molecule has 0 aliphatic carbocycles. The molecule has 0 aromatic carbocycles. The third-order valence-corrected chi connectivity index (χ3v) is 1.79. The minimum absolute atomic E-state index is 0.517. The summed E-state index contributed by atoms with van der Waals surface area (Å²) in [5.41, 5.74) is -0.0886. The average molecular weight is 185 g/mol. The van der Waals surface area contributed by atoms with Crippen LogP contribution in [0.2, 0.25) is 0 Å². The van der Waals surface area contributed by atoms with Gasteiger partial charge in [-0.25, -0.2) is 4.98 Å². The number of nitrogens with zero attached hydrogens (tertiary/aromatic N) is 2. The van der Waals surface area contributed by atoms with E-state index in [-0.39, 0.29) is 0 Å². The second kappa shape index (κ2) is 2.51. The highest BCUT2D eigenvalue weighted by molar-refractivity contribution is 6.73. The molecule has 2 rings (SSSR count). The molecule has 0 aliphatic rings. The minimum atomic E-state index is -4.91. The van der Waals surface area contributed by atoms with Gasteiger partial charge in [-0.1, -0.05) is 11.5 Å². The van der Waals surface area contributed by atoms with Crippen molar-refractivity contribution < 1.29 is 12.9 Å². The van der Waals surface area contributed by atoms with Gasteiger partial charge in [0.2, 0.25) is 0 Å². The molecule has 2 heterocycles. The predicted molar refractivity (Wildman–Crippen MR) is 43.9 cm³/mol. The van der Waals surface area contributed by atoms with Gasteiger partial charge in [-0.15, -0.1) is 0 Å². The molecule has 6 heteroatoms. The van der Waals surface area contributed by atoms with Crippen LogP contribution in [0.15, 0.2) is 30.7 Å². The van der Waals surface area contributed by atoms with Crippen LogP contribution in [0.4, 0.5) is 12.9 Å². The number of rotatable bonds is 1. The smallest absolute Gasteiger partial charge is 0.445 e. The second-order valence-corrected chi connectivity index (χ2v) is 2.73. The Kier molecular flexibility index (Phi) is 1.58. The SMILES string of the molecule is F[B-](F)(F)c1ccc2nccn2c1. The van der Waals surface area contributed by atoms with E-state index >= 15 is 0 Å². The van der Waals surface area contributed by atoms with E-state index in [0.717, 1.165) is 12.3 Å². The largest absolute Gasteiger partial charge is 0.511 e. The molecule has 0 radical (unpaired) electrons. The Hall–Kier alpha value is -1.46. The van der Waals surface area contributed by atoms with Gasteiger partial charge in [0.25, 0.3) is 0 Å². The first-order valence-corrected chi connectivity index (χ1v) is 3.70. The summed E-state index contributed by atoms with van der Waals surface area (Å²) in [5, 5.41) is 0. The van der Waals surface area contributed by atoms with Gasteiger partial charge < -0.3 is 17.3 Å². The Balaban J connectivity index is 2.61. The van der Waals surface area contributed by atoms with Crippen molar-refractivity contribution in [2.45, 2.75) is 0 Å². The molecule has 0 spiro atoms. The van der Waals surface area contributed by atoms with Gasteiger partial charge in [0, 0.05) is 12.4 Å². The first-order valence-electron chi connectivity index (χ1n) is 3.70. The number of hydrogen-bond donors (Lipinski definition) is 0. The van der Waals surface area contributed by atoms with Gasteiger partial charge in [0.1, 0.15) is 5.65 Å². The Morgan fingerprint density at radius 3 is 2.69 bits per heavy atom. The maximum absolute atomic E-state index is 12.3. The summed E-state index contributed by atoms with van der Waals surface area (Å²) in [6, 6.07) is 2.40. The van der Waals surface area contributed by atoms with E-state index in [0.29, 0.717) is 5.65 Å². The summed E-state index contributed by atoms with van der Waals surface area (Å²) < 4.78 is 38.1. The molecule has 2 nitrogen and oxygen atoms in total. The van der Waals surface area contributed by atoms with Gasteiger partial charge in [-0.3, -0.25) is 0 Å². The fourth-order valence-corrected chi connectivity index (χ4v) is 1.13. The van der Waals surface area contributed by atoms with Gasteiger partial charge in [-0.2, -0.15) is 0 Å². The Morgan fingerprint density at radius 1 is 1.23 bits per heavy atom. The molecule has 0 atom stereocenters. The van der Waals surface area contributed by atoms with E-state index in [1.54, 1.807) is 0 Å². The summed E-state index contributed by atoms with van der Waals surface area (Å²) in [5.74, 6) is 0. The molecule has 0 bridgehead atoms. The lowest BCUT2D eigenvalue weighted by molar-refractivity contribution is 0.500. The van der Waals surface area contributed by atoms with E-state index < -0.39 is 12.4 Å². The molecule has 2 aromatic heterocycles. The highest BCUT2D eigenvalue weighted by Crippen LogP contribution is 2.09. The topological polar surface area (TPSA) is 17.3 Å². The summed E-state index contributed by atoms with van der Waals surface area (Å²) in [6.45, 7) is -4.91. The molecule has 0 unspecified atom stereocenters. The van der Waals surface area contributed by atoms with Crippen molar-refractivity contribution in [3.05, 3.63) is 30.7 Å². The monoisotopic (exact) mass is 185 g/mol. The lowest BCUT2D eigenvalue weighted by Gasteiger charge is -2.14. The highest BCUT2D eigenvalue weighted by atomic mass is 19.4. The van der Waals surface area contributed by atoms with Crippen molar-refractivity contribution >= 4 is 18.1 Å². The molecule has 0 aliphatic heterocycles. The Morgan fingerprint density at radius 2 is 2.00 bits per heavy atom. The first-order chi connectivity index (χ1) is 6.07. The third-order valence-electron chi connectivity index (χ3n) is 1.79. The van der Waals surface area contributed by atoms with Crippen molar-refractivity contribution in [3.63, 3.8) is 0 Å². The van der Waals surface area contributed by atoms with Gasteiger partial charge >= 0.3 is 6.98 Å². The number of aromatic nitrogens is 2. The molecule has 0 N–H and O–H groups in total. The van der Waals surface area contributed by atoms with Crippen LogP contribution in [0, 0.1) is 0 Å². The molecule has 0 saturated carbocycles. The molecule has 68 valence electrons. The van der Waals surface area contributed by atoms with Crippen molar-refractivity contribution in [1.29, 1.82) is 0 Å². The van der Waals surface area contributed by atoms with Gasteiger partial charge in [0.15, 0.2) is 0 Å². The Labute approximate surface area is 72.1 Å². The standard InChI is InChI=1S/C7H5BF3N2/c9-8(10,11)6-1-2-7-12-3-4-13(7)5-6/h1-5H/q-1. The number of halogens is 3. The second-order valence-electron chi connectivity index (χ2n) is 2.73. The van der Waals surface area contributed by atoms with Crippen LogP contribution < -0.4 is 5.46 Å². The molecular formula is C7H5BF3N2-. The molecule has 0 saturated heterocycles. The zero-order chi connectivity index (χ0) is 9.47. The van der Waals surface area contributed by atoms with Crippen molar-refractivity contribution in [2.75, 3.05) is 0 Å². The maximum Gasteiger partial charge on any atom is 0.511 e. The van der Waals surface area contributed by atoms with Gasteiger partial charge in [-0.05, 0) is 12.3 Å². The fourth-order valence-electron chi connectivity index (χ4n) is 1.13. The normalized spacial score (nSPS) is 12.2. The maximum atomic E-state index is 12.3.